The second-order valence-electron chi connectivity index (χ2n) is 13.1. The molecule has 0 aliphatic carbocycles. The predicted octanol–water partition coefficient (Wildman–Crippen LogP) is 6.02. The highest BCUT2D eigenvalue weighted by Gasteiger charge is 2.24. The van der Waals surface area contributed by atoms with Gasteiger partial charge in [-0.25, -0.2) is 4.79 Å². The Bertz CT molecular complexity index is 714. The third-order valence-corrected chi connectivity index (χ3v) is 8.81. The Balaban J connectivity index is 1.99. The highest BCUT2D eigenvalue weighted by Crippen LogP contribution is 2.21. The van der Waals surface area contributed by atoms with E-state index < -0.39 is 36.6 Å². The van der Waals surface area contributed by atoms with Gasteiger partial charge in [0.2, 0.25) is 0 Å². The number of hydrogen-bond acceptors (Lipinski definition) is 8. The van der Waals surface area contributed by atoms with Crippen LogP contribution < -0.4 is 0 Å². The Kier molecular flexibility index (Phi) is 23.4. The fraction of sp³-hybridized carbons (Fsp3) is 0.914. The van der Waals surface area contributed by atoms with Gasteiger partial charge in [0, 0.05) is 12.0 Å². The van der Waals surface area contributed by atoms with Crippen LogP contribution in [0.4, 0.5) is 0 Å². The quantitative estimate of drug-likeness (QED) is 0.0443. The van der Waals surface area contributed by atoms with E-state index in [4.69, 9.17) is 4.74 Å². The molecule has 0 amide bonds. The minimum Gasteiger partial charge on any atom is -0.455 e. The molecule has 0 unspecified atom stereocenters. The zero-order valence-corrected chi connectivity index (χ0v) is 27.4. The Labute approximate surface area is 261 Å². The summed E-state index contributed by atoms with van der Waals surface area (Å²) in [6.07, 6.45) is 17.2. The van der Waals surface area contributed by atoms with Crippen molar-refractivity contribution in [1.29, 1.82) is 0 Å². The number of carbonyl (C=O) groups excluding carboxylic acids is 1. The van der Waals surface area contributed by atoms with Crippen LogP contribution in [0.15, 0.2) is 11.6 Å². The molecule has 6 N–H and O–H groups in total. The van der Waals surface area contributed by atoms with E-state index in [0.717, 1.165) is 38.5 Å². The van der Waals surface area contributed by atoms with Crippen molar-refractivity contribution in [2.24, 2.45) is 0 Å². The molecule has 8 heteroatoms. The number of unbranched alkanes of at least 4 members (excludes halogenated alkanes) is 12. The molecular formula is C35H66O8. The van der Waals surface area contributed by atoms with Crippen LogP contribution in [0.2, 0.25) is 0 Å². The Morgan fingerprint density at radius 1 is 0.558 bits per heavy atom. The van der Waals surface area contributed by atoms with Crippen molar-refractivity contribution in [3.8, 4) is 0 Å². The van der Waals surface area contributed by atoms with Crippen molar-refractivity contribution in [3.63, 3.8) is 0 Å². The molecule has 1 rings (SSSR count). The third kappa shape index (κ3) is 20.6. The maximum atomic E-state index is 11.6. The van der Waals surface area contributed by atoms with Crippen LogP contribution >= 0.6 is 0 Å². The van der Waals surface area contributed by atoms with Gasteiger partial charge in [0.15, 0.2) is 0 Å². The van der Waals surface area contributed by atoms with Crippen LogP contribution in [0.3, 0.4) is 0 Å². The standard InChI is InChI=1S/C35H66O8/c1-3-4-5-6-7-8-9-10-11-15-21-31(38)33(40)23-24-34(41)32(39)22-17-16-19-29(36)18-13-12-14-20-30(37)26-28-25-27(2)43-35(28)42/h25,27,29-34,36-41H,3-24,26H2,1-2H3/t27-,29+,30+,31-,32+,33+,34-/m0/s1. The molecule has 0 aromatic heterocycles. The van der Waals surface area contributed by atoms with Crippen molar-refractivity contribution in [2.45, 2.75) is 204 Å². The molecule has 0 radical (unpaired) electrons. The smallest absolute Gasteiger partial charge is 0.334 e. The van der Waals surface area contributed by atoms with Gasteiger partial charge in [0.25, 0.3) is 0 Å². The van der Waals surface area contributed by atoms with Crippen LogP contribution in [0, 0.1) is 0 Å². The van der Waals surface area contributed by atoms with Crippen molar-refractivity contribution in [1.82, 2.24) is 0 Å². The van der Waals surface area contributed by atoms with Crippen LogP contribution in [0.25, 0.3) is 0 Å². The van der Waals surface area contributed by atoms with E-state index >= 15 is 0 Å². The molecule has 1 aliphatic rings. The number of carbonyl (C=O) groups is 1. The zero-order chi connectivity index (χ0) is 31.9. The second kappa shape index (κ2) is 25.2. The van der Waals surface area contributed by atoms with E-state index in [9.17, 15) is 35.4 Å². The van der Waals surface area contributed by atoms with Crippen molar-refractivity contribution >= 4 is 5.97 Å². The van der Waals surface area contributed by atoms with Gasteiger partial charge >= 0.3 is 5.97 Å². The normalized spacial score (nSPS) is 19.5. The predicted molar refractivity (Wildman–Crippen MR) is 172 cm³/mol. The lowest BCUT2D eigenvalue weighted by Gasteiger charge is -2.22. The fourth-order valence-electron chi connectivity index (χ4n) is 5.90. The highest BCUT2D eigenvalue weighted by molar-refractivity contribution is 5.90. The fourth-order valence-corrected chi connectivity index (χ4v) is 5.90. The van der Waals surface area contributed by atoms with Gasteiger partial charge in [-0.15, -0.1) is 0 Å². The number of ether oxygens (including phenoxy) is 1. The number of hydrogen-bond donors (Lipinski definition) is 6. The molecule has 0 aromatic rings. The third-order valence-electron chi connectivity index (χ3n) is 8.81. The van der Waals surface area contributed by atoms with Crippen molar-refractivity contribution in [3.05, 3.63) is 11.6 Å². The summed E-state index contributed by atoms with van der Waals surface area (Å²) in [5.41, 5.74) is 0.555. The minimum atomic E-state index is -0.932. The van der Waals surface area contributed by atoms with Crippen LogP contribution in [0.1, 0.15) is 162 Å². The summed E-state index contributed by atoms with van der Waals surface area (Å²) in [5, 5.41) is 61.5. The van der Waals surface area contributed by atoms with Gasteiger partial charge in [-0.05, 0) is 57.9 Å². The van der Waals surface area contributed by atoms with Crippen molar-refractivity contribution < 1.29 is 40.2 Å². The molecule has 0 saturated heterocycles. The number of aliphatic hydroxyl groups is 6. The number of esters is 1. The minimum absolute atomic E-state index is 0.215. The van der Waals surface area contributed by atoms with E-state index in [2.05, 4.69) is 6.92 Å². The van der Waals surface area contributed by atoms with Gasteiger partial charge in [-0.3, -0.25) is 0 Å². The molecule has 0 spiro atoms. The van der Waals surface area contributed by atoms with Gasteiger partial charge in [-0.1, -0.05) is 103 Å². The summed E-state index contributed by atoms with van der Waals surface area (Å²) < 4.78 is 5.05. The second-order valence-corrected chi connectivity index (χ2v) is 13.1. The van der Waals surface area contributed by atoms with E-state index in [1.54, 1.807) is 13.0 Å². The summed E-state index contributed by atoms with van der Waals surface area (Å²) in [6, 6.07) is 0. The Morgan fingerprint density at radius 3 is 1.42 bits per heavy atom. The largest absolute Gasteiger partial charge is 0.455 e. The monoisotopic (exact) mass is 614 g/mol. The lowest BCUT2D eigenvalue weighted by molar-refractivity contribution is -0.139. The summed E-state index contributed by atoms with van der Waals surface area (Å²) in [7, 11) is 0. The first-order valence-electron chi connectivity index (χ1n) is 17.6. The van der Waals surface area contributed by atoms with E-state index in [0.29, 0.717) is 50.5 Å². The maximum absolute atomic E-state index is 11.6. The van der Waals surface area contributed by atoms with Crippen LogP contribution in [-0.2, 0) is 9.53 Å². The van der Waals surface area contributed by atoms with E-state index in [1.807, 2.05) is 0 Å². The maximum Gasteiger partial charge on any atom is 0.334 e. The summed E-state index contributed by atoms with van der Waals surface area (Å²) in [5.74, 6) is -0.333. The first-order chi connectivity index (χ1) is 20.6. The highest BCUT2D eigenvalue weighted by atomic mass is 16.5. The van der Waals surface area contributed by atoms with Crippen LogP contribution in [-0.4, -0.2) is 79.3 Å². The Hall–Kier alpha value is -1.03. The molecule has 1 heterocycles. The number of rotatable bonds is 29. The van der Waals surface area contributed by atoms with Gasteiger partial charge in [-0.2, -0.15) is 0 Å². The Morgan fingerprint density at radius 2 is 0.930 bits per heavy atom. The lowest BCUT2D eigenvalue weighted by Crippen LogP contribution is -2.31. The molecule has 1 aliphatic heterocycles. The molecule has 254 valence electrons. The zero-order valence-electron chi connectivity index (χ0n) is 27.4. The number of aliphatic hydroxyl groups excluding tert-OH is 6. The molecule has 0 saturated carbocycles. The van der Waals surface area contributed by atoms with Gasteiger partial charge in [0.1, 0.15) is 6.10 Å². The van der Waals surface area contributed by atoms with E-state index in [-0.39, 0.29) is 24.9 Å². The average Bonchev–Trinajstić information content (AvgIpc) is 3.29. The molecule has 43 heavy (non-hydrogen) atoms. The van der Waals surface area contributed by atoms with Gasteiger partial charge < -0.3 is 35.4 Å². The number of cyclic esters (lactones) is 1. The molecule has 8 nitrogen and oxygen atoms in total. The average molecular weight is 615 g/mol. The molecule has 0 bridgehead atoms. The molecule has 0 fully saturated rings. The SMILES string of the molecule is CCCCCCCCCCCC[C@H](O)[C@H](O)CC[C@H](O)[C@H](O)CCCC[C@H](O)CCCCC[C@@H](O)CC1=C[C@H](C)OC1=O. The molecule has 7 atom stereocenters. The summed E-state index contributed by atoms with van der Waals surface area (Å²) in [4.78, 5) is 11.6. The van der Waals surface area contributed by atoms with Gasteiger partial charge in [0.05, 0.1) is 36.6 Å². The summed E-state index contributed by atoms with van der Waals surface area (Å²) >= 11 is 0. The van der Waals surface area contributed by atoms with Crippen molar-refractivity contribution in [2.75, 3.05) is 0 Å². The first-order valence-corrected chi connectivity index (χ1v) is 17.6. The topological polar surface area (TPSA) is 148 Å². The van der Waals surface area contributed by atoms with E-state index in [1.165, 1.54) is 51.4 Å². The molecule has 0 aromatic carbocycles. The molecular weight excluding hydrogens is 548 g/mol. The first kappa shape index (κ1) is 40.0. The lowest BCUT2D eigenvalue weighted by atomic mass is 9.96. The summed E-state index contributed by atoms with van der Waals surface area (Å²) in [6.45, 7) is 4.03. The van der Waals surface area contributed by atoms with Crippen LogP contribution in [0.5, 0.6) is 0 Å².